The summed E-state index contributed by atoms with van der Waals surface area (Å²) in [5.74, 6) is -1.02. The second-order valence-electron chi connectivity index (χ2n) is 10.7. The zero-order chi connectivity index (χ0) is 31.1. The third-order valence-corrected chi connectivity index (χ3v) is 8.31. The Balaban J connectivity index is 2.07. The maximum absolute atomic E-state index is 14.1. The molecule has 0 saturated heterocycles. The molecule has 0 heterocycles. The van der Waals surface area contributed by atoms with Gasteiger partial charge in [0.25, 0.3) is 10.0 Å². The van der Waals surface area contributed by atoms with Crippen molar-refractivity contribution in [2.45, 2.75) is 64.1 Å². The molecule has 0 aromatic heterocycles. The van der Waals surface area contributed by atoms with Gasteiger partial charge in [0, 0.05) is 17.1 Å². The molecule has 0 aliphatic carbocycles. The number of rotatable bonds is 12. The van der Waals surface area contributed by atoms with Gasteiger partial charge >= 0.3 is 0 Å². The lowest BCUT2D eigenvalue weighted by Gasteiger charge is -2.34. The van der Waals surface area contributed by atoms with Crippen LogP contribution < -0.4 is 14.4 Å². The van der Waals surface area contributed by atoms with Gasteiger partial charge in [-0.05, 0) is 100 Å². The highest BCUT2D eigenvalue weighted by atomic mass is 35.5. The summed E-state index contributed by atoms with van der Waals surface area (Å²) >= 11 is 6.06. The molecule has 1 N–H and O–H groups in total. The highest BCUT2D eigenvalue weighted by molar-refractivity contribution is 7.92. The Hall–Kier alpha value is -3.63. The predicted octanol–water partition coefficient (Wildman–Crippen LogP) is 5.80. The number of anilines is 1. The molecule has 0 radical (unpaired) electrons. The summed E-state index contributed by atoms with van der Waals surface area (Å²) in [6.07, 6.45) is 0.287. The molecule has 226 valence electrons. The molecular formula is C31H37ClFN3O5S. The van der Waals surface area contributed by atoms with Gasteiger partial charge in [0.1, 0.15) is 24.2 Å². The minimum absolute atomic E-state index is 0.0415. The quantitative estimate of drug-likeness (QED) is 0.277. The van der Waals surface area contributed by atoms with Crippen LogP contribution >= 0.6 is 11.6 Å². The second-order valence-corrected chi connectivity index (χ2v) is 13.0. The second kappa shape index (κ2) is 14.0. The first kappa shape index (κ1) is 32.9. The van der Waals surface area contributed by atoms with Crippen molar-refractivity contribution in [1.29, 1.82) is 0 Å². The first-order chi connectivity index (χ1) is 19.7. The Morgan fingerprint density at radius 2 is 1.55 bits per heavy atom. The minimum atomic E-state index is -4.32. The van der Waals surface area contributed by atoms with Crippen LogP contribution in [0.2, 0.25) is 5.02 Å². The Bertz CT molecular complexity index is 1460. The molecule has 0 fully saturated rings. The van der Waals surface area contributed by atoms with E-state index < -0.39 is 39.9 Å². The van der Waals surface area contributed by atoms with Gasteiger partial charge in [-0.3, -0.25) is 13.9 Å². The number of amides is 2. The molecule has 0 aliphatic rings. The average molecular weight is 618 g/mol. The van der Waals surface area contributed by atoms with Crippen LogP contribution in [-0.4, -0.2) is 49.9 Å². The molecule has 1 unspecified atom stereocenters. The monoisotopic (exact) mass is 617 g/mol. The molecule has 8 nitrogen and oxygen atoms in total. The van der Waals surface area contributed by atoms with E-state index in [4.69, 9.17) is 16.3 Å². The molecule has 0 saturated carbocycles. The molecular weight excluding hydrogens is 581 g/mol. The van der Waals surface area contributed by atoms with Crippen LogP contribution in [0.4, 0.5) is 10.1 Å². The molecule has 1 atom stereocenters. The fourth-order valence-electron chi connectivity index (χ4n) is 4.30. The average Bonchev–Trinajstić information content (AvgIpc) is 2.92. The summed E-state index contributed by atoms with van der Waals surface area (Å²) in [5.41, 5.74) is 0.360. The van der Waals surface area contributed by atoms with E-state index in [-0.39, 0.29) is 29.5 Å². The van der Waals surface area contributed by atoms with E-state index in [1.807, 2.05) is 27.7 Å². The van der Waals surface area contributed by atoms with E-state index in [1.54, 1.807) is 43.3 Å². The zero-order valence-electron chi connectivity index (χ0n) is 24.4. The van der Waals surface area contributed by atoms with Crippen LogP contribution in [0.25, 0.3) is 0 Å². The summed E-state index contributed by atoms with van der Waals surface area (Å²) < 4.78 is 47.9. The Morgan fingerprint density at radius 1 is 0.952 bits per heavy atom. The number of carbonyl (C=O) groups is 2. The van der Waals surface area contributed by atoms with Crippen LogP contribution in [0.3, 0.4) is 0 Å². The number of ether oxygens (including phenoxy) is 1. The Kier molecular flexibility index (Phi) is 11.0. The summed E-state index contributed by atoms with van der Waals surface area (Å²) in [4.78, 5) is 28.7. The van der Waals surface area contributed by atoms with Gasteiger partial charge < -0.3 is 15.0 Å². The van der Waals surface area contributed by atoms with E-state index in [0.717, 1.165) is 28.6 Å². The van der Waals surface area contributed by atoms with Crippen molar-refractivity contribution < 1.29 is 27.1 Å². The number of carbonyl (C=O) groups excluding carboxylic acids is 2. The van der Waals surface area contributed by atoms with Crippen molar-refractivity contribution >= 4 is 39.1 Å². The molecule has 11 heteroatoms. The zero-order valence-corrected chi connectivity index (χ0v) is 26.0. The molecule has 0 spiro atoms. The number of nitrogens with zero attached hydrogens (tertiary/aromatic N) is 2. The minimum Gasteiger partial charge on any atom is -0.494 e. The van der Waals surface area contributed by atoms with Crippen molar-refractivity contribution in [2.24, 2.45) is 0 Å². The molecule has 3 aromatic rings. The van der Waals surface area contributed by atoms with Gasteiger partial charge in [-0.1, -0.05) is 30.7 Å². The van der Waals surface area contributed by atoms with Gasteiger partial charge in [-0.25, -0.2) is 12.8 Å². The topological polar surface area (TPSA) is 96.0 Å². The smallest absolute Gasteiger partial charge is 0.264 e. The summed E-state index contributed by atoms with van der Waals surface area (Å²) in [5, 5.41) is 3.44. The van der Waals surface area contributed by atoms with E-state index in [9.17, 15) is 22.4 Å². The van der Waals surface area contributed by atoms with Crippen molar-refractivity contribution in [3.8, 4) is 5.75 Å². The normalized spacial score (nSPS) is 12.4. The summed E-state index contributed by atoms with van der Waals surface area (Å²) in [7, 11) is -4.32. The Morgan fingerprint density at radius 3 is 2.07 bits per heavy atom. The van der Waals surface area contributed by atoms with Gasteiger partial charge in [-0.2, -0.15) is 0 Å². The molecule has 3 aromatic carbocycles. The molecule has 42 heavy (non-hydrogen) atoms. The lowest BCUT2D eigenvalue weighted by atomic mass is 10.1. The number of hydrogen-bond acceptors (Lipinski definition) is 5. The number of hydrogen-bond donors (Lipinski definition) is 1. The largest absolute Gasteiger partial charge is 0.494 e. The maximum Gasteiger partial charge on any atom is 0.264 e. The highest BCUT2D eigenvalue weighted by Crippen LogP contribution is 2.27. The lowest BCUT2D eigenvalue weighted by Crippen LogP contribution is -2.55. The summed E-state index contributed by atoms with van der Waals surface area (Å²) in [6, 6.07) is 16.6. The SMILES string of the molecule is CCOc1ccc(N(CC(=O)N(Cc2ccc(Cl)cc2)C(CC)C(=O)NC(C)(C)C)S(=O)(=O)c2ccc(F)cc2)cc1. The molecule has 2 amide bonds. The van der Waals surface area contributed by atoms with Crippen molar-refractivity contribution in [3.05, 3.63) is 89.2 Å². The molecule has 3 rings (SSSR count). The van der Waals surface area contributed by atoms with Gasteiger partial charge in [0.2, 0.25) is 11.8 Å². The van der Waals surface area contributed by atoms with Crippen molar-refractivity contribution in [1.82, 2.24) is 10.2 Å². The van der Waals surface area contributed by atoms with Crippen LogP contribution in [0, 0.1) is 5.82 Å². The molecule has 0 aliphatic heterocycles. The van der Waals surface area contributed by atoms with Gasteiger partial charge in [0.15, 0.2) is 0 Å². The van der Waals surface area contributed by atoms with Crippen LogP contribution in [-0.2, 0) is 26.2 Å². The van der Waals surface area contributed by atoms with Gasteiger partial charge in [-0.15, -0.1) is 0 Å². The van der Waals surface area contributed by atoms with Crippen LogP contribution in [0.15, 0.2) is 77.7 Å². The van der Waals surface area contributed by atoms with E-state index in [0.29, 0.717) is 22.9 Å². The standard InChI is InChI=1S/C31H37ClFN3O5S/c1-6-28(30(38)34-31(3,4)5)35(20-22-8-10-23(32)11-9-22)29(37)21-36(25-14-16-26(17-15-25)41-7-2)42(39,40)27-18-12-24(33)13-19-27/h8-19,28H,6-7,20-21H2,1-5H3,(H,34,38). The van der Waals surface area contributed by atoms with E-state index in [2.05, 4.69) is 5.32 Å². The number of halogens is 2. The molecule has 0 bridgehead atoms. The van der Waals surface area contributed by atoms with E-state index >= 15 is 0 Å². The lowest BCUT2D eigenvalue weighted by molar-refractivity contribution is -0.141. The number of nitrogens with one attached hydrogen (secondary N) is 1. The Labute approximate surface area is 252 Å². The van der Waals surface area contributed by atoms with Crippen LogP contribution in [0.5, 0.6) is 5.75 Å². The fourth-order valence-corrected chi connectivity index (χ4v) is 5.84. The number of benzene rings is 3. The summed E-state index contributed by atoms with van der Waals surface area (Å²) in [6.45, 7) is 8.98. The van der Waals surface area contributed by atoms with E-state index in [1.165, 1.54) is 17.0 Å². The van der Waals surface area contributed by atoms with Crippen molar-refractivity contribution in [2.75, 3.05) is 17.5 Å². The number of sulfonamides is 1. The van der Waals surface area contributed by atoms with Gasteiger partial charge in [0.05, 0.1) is 17.2 Å². The third-order valence-electron chi connectivity index (χ3n) is 6.27. The van der Waals surface area contributed by atoms with Crippen LogP contribution in [0.1, 0.15) is 46.6 Å². The third kappa shape index (κ3) is 8.69. The predicted molar refractivity (Wildman–Crippen MR) is 163 cm³/mol. The first-order valence-electron chi connectivity index (χ1n) is 13.6. The van der Waals surface area contributed by atoms with Crippen molar-refractivity contribution in [3.63, 3.8) is 0 Å². The first-order valence-corrected chi connectivity index (χ1v) is 15.4. The fraction of sp³-hybridized carbons (Fsp3) is 0.355. The maximum atomic E-state index is 14.1. The highest BCUT2D eigenvalue weighted by Gasteiger charge is 2.34.